The Kier molecular flexibility index (Phi) is 8.04. The molecule has 7 heteroatoms. The third kappa shape index (κ3) is 7.43. The number of carbonyl (C=O) groups excluding carboxylic acids is 1. The highest BCUT2D eigenvalue weighted by Gasteiger charge is 2.09. The van der Waals surface area contributed by atoms with Crippen LogP contribution in [0.25, 0.3) is 0 Å². The van der Waals surface area contributed by atoms with Crippen LogP contribution in [0.3, 0.4) is 0 Å². The first kappa shape index (κ1) is 19.1. The van der Waals surface area contributed by atoms with Crippen molar-refractivity contribution in [1.82, 2.24) is 15.5 Å². The van der Waals surface area contributed by atoms with Crippen molar-refractivity contribution in [2.45, 2.75) is 25.8 Å². The van der Waals surface area contributed by atoms with Crippen molar-refractivity contribution in [2.24, 2.45) is 10.7 Å². The lowest BCUT2D eigenvalue weighted by molar-refractivity contribution is -0.119. The number of nitrogens with one attached hydrogen (secondary N) is 2. The minimum Gasteiger partial charge on any atom is -0.484 e. The van der Waals surface area contributed by atoms with Gasteiger partial charge in [-0.1, -0.05) is 18.6 Å². The van der Waals surface area contributed by atoms with Gasteiger partial charge in [0.1, 0.15) is 5.75 Å². The SMILES string of the molecule is CN=C(NCCN1CCCCC1)NCc1cccc(OCC(N)=O)c1. The zero-order chi connectivity index (χ0) is 17.9. The summed E-state index contributed by atoms with van der Waals surface area (Å²) >= 11 is 0. The number of nitrogens with two attached hydrogens (primary N) is 1. The highest BCUT2D eigenvalue weighted by molar-refractivity contribution is 5.79. The van der Waals surface area contributed by atoms with Gasteiger partial charge in [0.25, 0.3) is 5.91 Å². The van der Waals surface area contributed by atoms with E-state index in [9.17, 15) is 4.79 Å². The average molecular weight is 347 g/mol. The summed E-state index contributed by atoms with van der Waals surface area (Å²) < 4.78 is 5.32. The number of ether oxygens (including phenoxy) is 1. The molecular formula is C18H29N5O2. The van der Waals surface area contributed by atoms with E-state index in [1.165, 1.54) is 32.4 Å². The minimum atomic E-state index is -0.484. The van der Waals surface area contributed by atoms with Crippen LogP contribution in [0, 0.1) is 0 Å². The lowest BCUT2D eigenvalue weighted by Crippen LogP contribution is -2.42. The predicted octanol–water partition coefficient (Wildman–Crippen LogP) is 0.702. The molecule has 2 rings (SSSR count). The molecule has 7 nitrogen and oxygen atoms in total. The second-order valence-corrected chi connectivity index (χ2v) is 6.16. The van der Waals surface area contributed by atoms with Gasteiger partial charge in [0, 0.05) is 26.7 Å². The molecule has 1 aliphatic heterocycles. The molecule has 0 aliphatic carbocycles. The van der Waals surface area contributed by atoms with Gasteiger partial charge < -0.3 is 26.0 Å². The quantitative estimate of drug-likeness (QED) is 0.476. The predicted molar refractivity (Wildman–Crippen MR) is 99.6 cm³/mol. The van der Waals surface area contributed by atoms with Crippen molar-refractivity contribution in [3.63, 3.8) is 0 Å². The molecule has 138 valence electrons. The van der Waals surface area contributed by atoms with Crippen LogP contribution < -0.4 is 21.1 Å². The molecule has 1 aliphatic rings. The first-order valence-electron chi connectivity index (χ1n) is 8.84. The molecule has 0 atom stereocenters. The zero-order valence-electron chi connectivity index (χ0n) is 15.0. The van der Waals surface area contributed by atoms with E-state index in [-0.39, 0.29) is 6.61 Å². The average Bonchev–Trinajstić information content (AvgIpc) is 2.64. The van der Waals surface area contributed by atoms with Crippen LogP contribution in [0.4, 0.5) is 0 Å². The van der Waals surface area contributed by atoms with Gasteiger partial charge in [-0.15, -0.1) is 0 Å². The van der Waals surface area contributed by atoms with Crippen LogP contribution in [0.5, 0.6) is 5.75 Å². The fourth-order valence-electron chi connectivity index (χ4n) is 2.82. The summed E-state index contributed by atoms with van der Waals surface area (Å²) in [6.45, 7) is 4.82. The number of aliphatic imine (C=N–C) groups is 1. The number of rotatable bonds is 8. The van der Waals surface area contributed by atoms with E-state index in [0.29, 0.717) is 12.3 Å². The second kappa shape index (κ2) is 10.6. The van der Waals surface area contributed by atoms with Gasteiger partial charge in [0.05, 0.1) is 0 Å². The second-order valence-electron chi connectivity index (χ2n) is 6.16. The van der Waals surface area contributed by atoms with Gasteiger partial charge in [0.2, 0.25) is 0 Å². The number of likely N-dealkylation sites (tertiary alicyclic amines) is 1. The summed E-state index contributed by atoms with van der Waals surface area (Å²) in [4.78, 5) is 17.5. The molecule has 0 bridgehead atoms. The van der Waals surface area contributed by atoms with Gasteiger partial charge in [-0.25, -0.2) is 0 Å². The summed E-state index contributed by atoms with van der Waals surface area (Å²) in [5.41, 5.74) is 6.13. The number of benzene rings is 1. The van der Waals surface area contributed by atoms with E-state index < -0.39 is 5.91 Å². The van der Waals surface area contributed by atoms with Crippen molar-refractivity contribution in [3.05, 3.63) is 29.8 Å². The largest absolute Gasteiger partial charge is 0.484 e. The third-order valence-electron chi connectivity index (χ3n) is 4.13. The molecular weight excluding hydrogens is 318 g/mol. The Morgan fingerprint density at radius 1 is 1.28 bits per heavy atom. The Morgan fingerprint density at radius 2 is 2.08 bits per heavy atom. The van der Waals surface area contributed by atoms with Crippen molar-refractivity contribution in [1.29, 1.82) is 0 Å². The lowest BCUT2D eigenvalue weighted by atomic mass is 10.1. The Morgan fingerprint density at radius 3 is 2.80 bits per heavy atom. The van der Waals surface area contributed by atoms with Crippen LogP contribution >= 0.6 is 0 Å². The highest BCUT2D eigenvalue weighted by atomic mass is 16.5. The van der Waals surface area contributed by atoms with Crippen LogP contribution in [0.15, 0.2) is 29.3 Å². The molecule has 4 N–H and O–H groups in total. The van der Waals surface area contributed by atoms with Crippen molar-refractivity contribution in [3.8, 4) is 5.75 Å². The van der Waals surface area contributed by atoms with E-state index >= 15 is 0 Å². The van der Waals surface area contributed by atoms with E-state index in [1.54, 1.807) is 13.1 Å². The summed E-state index contributed by atoms with van der Waals surface area (Å²) in [6, 6.07) is 7.57. The molecule has 0 aromatic heterocycles. The fraction of sp³-hybridized carbons (Fsp3) is 0.556. The first-order chi connectivity index (χ1) is 12.2. The monoisotopic (exact) mass is 347 g/mol. The van der Waals surface area contributed by atoms with E-state index in [4.69, 9.17) is 10.5 Å². The van der Waals surface area contributed by atoms with Gasteiger partial charge >= 0.3 is 0 Å². The maximum absolute atomic E-state index is 10.8. The van der Waals surface area contributed by atoms with Gasteiger partial charge in [-0.2, -0.15) is 0 Å². The van der Waals surface area contributed by atoms with Crippen molar-refractivity contribution >= 4 is 11.9 Å². The number of primary amides is 1. The Labute approximate surface area is 149 Å². The normalized spacial score (nSPS) is 15.6. The number of piperidine rings is 1. The molecule has 1 aromatic carbocycles. The minimum absolute atomic E-state index is 0.114. The lowest BCUT2D eigenvalue weighted by Gasteiger charge is -2.26. The Hall–Kier alpha value is -2.28. The number of hydrogen-bond donors (Lipinski definition) is 3. The molecule has 0 spiro atoms. The van der Waals surface area contributed by atoms with Gasteiger partial charge in [-0.3, -0.25) is 9.79 Å². The number of carbonyl (C=O) groups is 1. The van der Waals surface area contributed by atoms with Crippen LogP contribution in [-0.4, -0.2) is 56.6 Å². The summed E-state index contributed by atoms with van der Waals surface area (Å²) in [5.74, 6) is 0.924. The topological polar surface area (TPSA) is 92.0 Å². The molecule has 1 fully saturated rings. The zero-order valence-corrected chi connectivity index (χ0v) is 15.0. The molecule has 1 amide bonds. The number of guanidine groups is 1. The highest BCUT2D eigenvalue weighted by Crippen LogP contribution is 2.13. The first-order valence-corrected chi connectivity index (χ1v) is 8.84. The van der Waals surface area contributed by atoms with Gasteiger partial charge in [0.15, 0.2) is 12.6 Å². The molecule has 1 heterocycles. The van der Waals surface area contributed by atoms with Crippen LogP contribution in [-0.2, 0) is 11.3 Å². The van der Waals surface area contributed by atoms with E-state index in [2.05, 4.69) is 20.5 Å². The summed E-state index contributed by atoms with van der Waals surface area (Å²) in [5, 5.41) is 6.64. The molecule has 1 saturated heterocycles. The summed E-state index contributed by atoms with van der Waals surface area (Å²) in [6.07, 6.45) is 3.97. The van der Waals surface area contributed by atoms with Crippen molar-refractivity contribution in [2.75, 3.05) is 39.8 Å². The molecule has 0 radical (unpaired) electrons. The number of nitrogens with zero attached hydrogens (tertiary/aromatic N) is 2. The van der Waals surface area contributed by atoms with Crippen molar-refractivity contribution < 1.29 is 9.53 Å². The maximum Gasteiger partial charge on any atom is 0.255 e. The Bertz CT molecular complexity index is 570. The summed E-state index contributed by atoms with van der Waals surface area (Å²) in [7, 11) is 1.77. The standard InChI is InChI=1S/C18H29N5O2/c1-20-18(21-8-11-23-9-3-2-4-10-23)22-13-15-6-5-7-16(12-15)25-14-17(19)24/h5-7,12H,2-4,8-11,13-14H2,1H3,(H2,19,24)(H2,20,21,22). The van der Waals surface area contributed by atoms with E-state index in [0.717, 1.165) is 24.6 Å². The number of amides is 1. The molecule has 1 aromatic rings. The smallest absolute Gasteiger partial charge is 0.255 e. The molecule has 0 saturated carbocycles. The maximum atomic E-state index is 10.8. The molecule has 0 unspecified atom stereocenters. The third-order valence-corrected chi connectivity index (χ3v) is 4.13. The van der Waals surface area contributed by atoms with E-state index in [1.807, 2.05) is 18.2 Å². The van der Waals surface area contributed by atoms with Gasteiger partial charge in [-0.05, 0) is 43.6 Å². The number of hydrogen-bond acceptors (Lipinski definition) is 4. The fourth-order valence-corrected chi connectivity index (χ4v) is 2.82. The van der Waals surface area contributed by atoms with Crippen LogP contribution in [0.2, 0.25) is 0 Å². The van der Waals surface area contributed by atoms with Crippen LogP contribution in [0.1, 0.15) is 24.8 Å². The molecule has 25 heavy (non-hydrogen) atoms. The Balaban J connectivity index is 1.72.